The fraction of sp³-hybridized carbons (Fsp3) is 0.667. The SMILES string of the molecule is CCC1(CO)CCN(C(=O)CCC(=O)c2cc(C)sc2C)CC1. The zero-order valence-electron chi connectivity index (χ0n) is 14.4. The summed E-state index contributed by atoms with van der Waals surface area (Å²) in [6, 6.07) is 1.92. The Morgan fingerprint density at radius 3 is 2.39 bits per heavy atom. The van der Waals surface area contributed by atoms with Crippen LogP contribution < -0.4 is 0 Å². The summed E-state index contributed by atoms with van der Waals surface area (Å²) in [5, 5.41) is 9.55. The van der Waals surface area contributed by atoms with Crippen molar-refractivity contribution in [3.8, 4) is 0 Å². The first kappa shape index (κ1) is 18.1. The molecule has 1 amide bonds. The van der Waals surface area contributed by atoms with Gasteiger partial charge < -0.3 is 10.0 Å². The topological polar surface area (TPSA) is 57.6 Å². The maximum absolute atomic E-state index is 12.3. The molecule has 0 bridgehead atoms. The van der Waals surface area contributed by atoms with Crippen molar-refractivity contribution >= 4 is 23.0 Å². The van der Waals surface area contributed by atoms with Gasteiger partial charge in [-0.1, -0.05) is 6.92 Å². The third-order valence-corrected chi connectivity index (χ3v) is 6.14. The maximum atomic E-state index is 12.3. The number of rotatable bonds is 6. The van der Waals surface area contributed by atoms with Crippen LogP contribution in [0.5, 0.6) is 0 Å². The van der Waals surface area contributed by atoms with Crippen molar-refractivity contribution < 1.29 is 14.7 Å². The number of Topliss-reactive ketones (excluding diaryl/α,β-unsaturated/α-hetero) is 1. The highest BCUT2D eigenvalue weighted by Crippen LogP contribution is 2.34. The molecule has 128 valence electrons. The molecule has 0 spiro atoms. The molecule has 1 aliphatic rings. The van der Waals surface area contributed by atoms with E-state index in [-0.39, 0.29) is 36.6 Å². The molecule has 4 nitrogen and oxygen atoms in total. The smallest absolute Gasteiger partial charge is 0.223 e. The van der Waals surface area contributed by atoms with Gasteiger partial charge in [-0.3, -0.25) is 9.59 Å². The lowest BCUT2D eigenvalue weighted by Gasteiger charge is -2.40. The summed E-state index contributed by atoms with van der Waals surface area (Å²) in [5.41, 5.74) is 0.752. The number of aliphatic hydroxyl groups is 1. The van der Waals surface area contributed by atoms with Crippen LogP contribution in [-0.2, 0) is 4.79 Å². The molecule has 1 N–H and O–H groups in total. The van der Waals surface area contributed by atoms with Crippen LogP contribution in [0, 0.1) is 19.3 Å². The number of nitrogens with zero attached hydrogens (tertiary/aromatic N) is 1. The number of thiophene rings is 1. The van der Waals surface area contributed by atoms with Crippen molar-refractivity contribution in [1.29, 1.82) is 0 Å². The van der Waals surface area contributed by atoms with Crippen molar-refractivity contribution in [3.63, 3.8) is 0 Å². The van der Waals surface area contributed by atoms with E-state index in [1.807, 2.05) is 24.8 Å². The first-order chi connectivity index (χ1) is 10.9. The van der Waals surface area contributed by atoms with Gasteiger partial charge in [0.2, 0.25) is 5.91 Å². The number of hydrogen-bond donors (Lipinski definition) is 1. The van der Waals surface area contributed by atoms with Crippen molar-refractivity contribution in [1.82, 2.24) is 4.90 Å². The first-order valence-electron chi connectivity index (χ1n) is 8.39. The standard InChI is InChI=1S/C18H27NO3S/c1-4-18(12-20)7-9-19(10-8-18)17(22)6-5-16(21)15-11-13(2)23-14(15)3/h11,20H,4-10,12H2,1-3H3. The molecule has 0 aliphatic carbocycles. The lowest BCUT2D eigenvalue weighted by molar-refractivity contribution is -0.134. The second kappa shape index (κ2) is 7.58. The van der Waals surface area contributed by atoms with E-state index in [2.05, 4.69) is 6.92 Å². The van der Waals surface area contributed by atoms with E-state index in [9.17, 15) is 14.7 Å². The molecule has 0 saturated carbocycles. The zero-order chi connectivity index (χ0) is 17.0. The molecule has 0 atom stereocenters. The summed E-state index contributed by atoms with van der Waals surface area (Å²) in [6.45, 7) is 7.62. The van der Waals surface area contributed by atoms with E-state index in [1.54, 1.807) is 11.3 Å². The van der Waals surface area contributed by atoms with Crippen LogP contribution in [0.2, 0.25) is 0 Å². The van der Waals surface area contributed by atoms with Crippen LogP contribution in [0.4, 0.5) is 0 Å². The summed E-state index contributed by atoms with van der Waals surface area (Å²) in [7, 11) is 0. The minimum atomic E-state index is -0.0160. The normalized spacial score (nSPS) is 17.3. The first-order valence-corrected chi connectivity index (χ1v) is 9.21. The Morgan fingerprint density at radius 2 is 1.91 bits per heavy atom. The van der Waals surface area contributed by atoms with Gasteiger partial charge in [0.05, 0.1) is 0 Å². The number of piperidine rings is 1. The Balaban J connectivity index is 1.84. The van der Waals surface area contributed by atoms with Crippen LogP contribution in [0.1, 0.15) is 59.1 Å². The van der Waals surface area contributed by atoms with Gasteiger partial charge in [-0.2, -0.15) is 0 Å². The van der Waals surface area contributed by atoms with Crippen LogP contribution in [-0.4, -0.2) is 41.4 Å². The Bertz CT molecular complexity index is 565. The molecule has 1 aliphatic heterocycles. The van der Waals surface area contributed by atoms with Crippen LogP contribution in [0.25, 0.3) is 0 Å². The Labute approximate surface area is 142 Å². The minimum absolute atomic E-state index is 0.0160. The number of amides is 1. The highest BCUT2D eigenvalue weighted by molar-refractivity contribution is 7.12. The summed E-state index contributed by atoms with van der Waals surface area (Å²) in [4.78, 5) is 28.6. The molecule has 1 aromatic heterocycles. The average molecular weight is 337 g/mol. The van der Waals surface area contributed by atoms with Gasteiger partial charge in [0.15, 0.2) is 5.78 Å². The van der Waals surface area contributed by atoms with Gasteiger partial charge in [-0.05, 0) is 44.6 Å². The van der Waals surface area contributed by atoms with Crippen LogP contribution in [0.15, 0.2) is 6.07 Å². The molecule has 2 heterocycles. The van der Waals surface area contributed by atoms with E-state index >= 15 is 0 Å². The summed E-state index contributed by atoms with van der Waals surface area (Å²) in [6.07, 6.45) is 3.21. The van der Waals surface area contributed by atoms with Crippen molar-refractivity contribution in [2.45, 2.75) is 52.9 Å². The Hall–Kier alpha value is -1.20. The lowest BCUT2D eigenvalue weighted by Crippen LogP contribution is -2.44. The second-order valence-electron chi connectivity index (χ2n) is 6.64. The average Bonchev–Trinajstić information content (AvgIpc) is 2.91. The molecule has 23 heavy (non-hydrogen) atoms. The second-order valence-corrected chi connectivity index (χ2v) is 8.10. The van der Waals surface area contributed by atoms with Gasteiger partial charge in [-0.15, -0.1) is 11.3 Å². The van der Waals surface area contributed by atoms with Crippen molar-refractivity contribution in [3.05, 3.63) is 21.4 Å². The largest absolute Gasteiger partial charge is 0.396 e. The summed E-state index contributed by atoms with van der Waals surface area (Å²) in [5.74, 6) is 0.126. The predicted octanol–water partition coefficient (Wildman–Crippen LogP) is 3.34. The Morgan fingerprint density at radius 1 is 1.26 bits per heavy atom. The summed E-state index contributed by atoms with van der Waals surface area (Å²) < 4.78 is 0. The minimum Gasteiger partial charge on any atom is -0.396 e. The van der Waals surface area contributed by atoms with E-state index in [1.165, 1.54) is 0 Å². The van der Waals surface area contributed by atoms with Crippen molar-refractivity contribution in [2.24, 2.45) is 5.41 Å². The number of aryl methyl sites for hydroxylation is 2. The maximum Gasteiger partial charge on any atom is 0.223 e. The van der Waals surface area contributed by atoms with E-state index in [4.69, 9.17) is 0 Å². The Kier molecular flexibility index (Phi) is 5.98. The molecule has 0 aromatic carbocycles. The number of aliphatic hydroxyl groups excluding tert-OH is 1. The third-order valence-electron chi connectivity index (χ3n) is 5.17. The van der Waals surface area contributed by atoms with Gasteiger partial charge in [0.25, 0.3) is 0 Å². The van der Waals surface area contributed by atoms with E-state index in [0.717, 1.165) is 34.6 Å². The zero-order valence-corrected chi connectivity index (χ0v) is 15.2. The van der Waals surface area contributed by atoms with Crippen molar-refractivity contribution in [2.75, 3.05) is 19.7 Å². The number of likely N-dealkylation sites (tertiary alicyclic amines) is 1. The molecule has 1 fully saturated rings. The van der Waals surface area contributed by atoms with Crippen LogP contribution >= 0.6 is 11.3 Å². The quantitative estimate of drug-likeness (QED) is 0.810. The molecular weight excluding hydrogens is 310 g/mol. The van der Waals surface area contributed by atoms with Gasteiger partial charge in [0.1, 0.15) is 0 Å². The molecule has 5 heteroatoms. The van der Waals surface area contributed by atoms with Crippen LogP contribution in [0.3, 0.4) is 0 Å². The highest BCUT2D eigenvalue weighted by Gasteiger charge is 2.33. The number of carbonyl (C=O) groups excluding carboxylic acids is 2. The van der Waals surface area contributed by atoms with Gasteiger partial charge >= 0.3 is 0 Å². The fourth-order valence-electron chi connectivity index (χ4n) is 3.27. The lowest BCUT2D eigenvalue weighted by atomic mass is 9.77. The molecule has 0 radical (unpaired) electrons. The molecule has 2 rings (SSSR count). The van der Waals surface area contributed by atoms with E-state index in [0.29, 0.717) is 13.1 Å². The molecule has 1 aromatic rings. The van der Waals surface area contributed by atoms with Gasteiger partial charge in [-0.25, -0.2) is 0 Å². The summed E-state index contributed by atoms with van der Waals surface area (Å²) >= 11 is 1.62. The number of ketones is 1. The predicted molar refractivity (Wildman–Crippen MR) is 93.0 cm³/mol. The number of hydrogen-bond acceptors (Lipinski definition) is 4. The van der Waals surface area contributed by atoms with E-state index < -0.39 is 0 Å². The highest BCUT2D eigenvalue weighted by atomic mass is 32.1. The third kappa shape index (κ3) is 4.21. The molecule has 0 unspecified atom stereocenters. The fourth-order valence-corrected chi connectivity index (χ4v) is 4.22. The monoisotopic (exact) mass is 337 g/mol. The van der Waals surface area contributed by atoms with Gasteiger partial charge in [0, 0.05) is 47.9 Å². The number of carbonyl (C=O) groups is 2. The molecule has 1 saturated heterocycles. The molecular formula is C18H27NO3S.